The maximum absolute atomic E-state index is 12.0. The summed E-state index contributed by atoms with van der Waals surface area (Å²) in [5.74, 6) is 0.105. The summed E-state index contributed by atoms with van der Waals surface area (Å²) < 4.78 is 31.6. The van der Waals surface area contributed by atoms with Crippen molar-refractivity contribution in [1.29, 1.82) is 0 Å². The van der Waals surface area contributed by atoms with Crippen molar-refractivity contribution >= 4 is 26.0 Å². The molecule has 0 radical (unpaired) electrons. The Morgan fingerprint density at radius 2 is 2.00 bits per heavy atom. The van der Waals surface area contributed by atoms with Gasteiger partial charge in [0, 0.05) is 25.1 Å². The maximum atomic E-state index is 12.0. The fourth-order valence-electron chi connectivity index (χ4n) is 1.64. The molecule has 0 fully saturated rings. The smallest absolute Gasteiger partial charge is 0.212 e. The summed E-state index contributed by atoms with van der Waals surface area (Å²) in [5, 5.41) is 0.584. The van der Waals surface area contributed by atoms with Crippen LogP contribution in [0, 0.1) is 0 Å². The van der Waals surface area contributed by atoms with Gasteiger partial charge in [-0.05, 0) is 18.4 Å². The van der Waals surface area contributed by atoms with E-state index < -0.39 is 10.0 Å². The zero-order chi connectivity index (χ0) is 14.1. The molecule has 108 valence electrons. The highest BCUT2D eigenvalue weighted by atomic mass is 79.9. The van der Waals surface area contributed by atoms with Gasteiger partial charge in [-0.2, -0.15) is 0 Å². The van der Waals surface area contributed by atoms with Crippen LogP contribution in [-0.4, -0.2) is 39.3 Å². The van der Waals surface area contributed by atoms with Crippen molar-refractivity contribution < 1.29 is 13.2 Å². The van der Waals surface area contributed by atoms with Crippen LogP contribution >= 0.6 is 15.9 Å². The summed E-state index contributed by atoms with van der Waals surface area (Å²) in [6, 6.07) is 9.48. The Balaban J connectivity index is 2.46. The molecule has 1 atom stereocenters. The van der Waals surface area contributed by atoms with Gasteiger partial charge in [-0.25, -0.2) is 13.1 Å². The van der Waals surface area contributed by atoms with E-state index in [-0.39, 0.29) is 11.8 Å². The molecule has 0 bridgehead atoms. The van der Waals surface area contributed by atoms with Gasteiger partial charge in [0.1, 0.15) is 0 Å². The molecule has 0 aliphatic rings. The van der Waals surface area contributed by atoms with Gasteiger partial charge in [0.05, 0.1) is 5.75 Å². The third-order valence-electron chi connectivity index (χ3n) is 2.71. The van der Waals surface area contributed by atoms with Gasteiger partial charge >= 0.3 is 0 Å². The molecule has 0 saturated carbocycles. The van der Waals surface area contributed by atoms with E-state index in [1.165, 1.54) is 0 Å². The lowest BCUT2D eigenvalue weighted by Gasteiger charge is -2.15. The van der Waals surface area contributed by atoms with Crippen molar-refractivity contribution in [2.75, 3.05) is 24.8 Å². The van der Waals surface area contributed by atoms with Gasteiger partial charge in [0.2, 0.25) is 10.0 Å². The van der Waals surface area contributed by atoms with Crippen molar-refractivity contribution in [2.24, 2.45) is 0 Å². The van der Waals surface area contributed by atoms with Crippen LogP contribution in [0.3, 0.4) is 0 Å². The quantitative estimate of drug-likeness (QED) is 0.693. The van der Waals surface area contributed by atoms with E-state index in [1.807, 2.05) is 30.3 Å². The molecule has 1 aromatic rings. The highest BCUT2D eigenvalue weighted by molar-refractivity contribution is 9.09. The van der Waals surface area contributed by atoms with Crippen molar-refractivity contribution in [3.8, 4) is 0 Å². The predicted molar refractivity (Wildman–Crippen MR) is 81.1 cm³/mol. The molecule has 0 saturated heterocycles. The summed E-state index contributed by atoms with van der Waals surface area (Å²) in [6.45, 7) is 0.539. The number of alkyl halides is 1. The fraction of sp³-hybridized carbons (Fsp3) is 0.538. The van der Waals surface area contributed by atoms with E-state index in [0.29, 0.717) is 24.8 Å². The molecule has 0 aliphatic heterocycles. The first-order valence-corrected chi connectivity index (χ1v) is 8.93. The molecule has 6 heteroatoms. The van der Waals surface area contributed by atoms with Gasteiger partial charge in [-0.15, -0.1) is 0 Å². The van der Waals surface area contributed by atoms with E-state index in [2.05, 4.69) is 20.7 Å². The van der Waals surface area contributed by atoms with E-state index in [9.17, 15) is 8.42 Å². The Kier molecular flexibility index (Phi) is 7.60. The monoisotopic (exact) mass is 349 g/mol. The zero-order valence-electron chi connectivity index (χ0n) is 11.0. The molecule has 1 N–H and O–H groups in total. The lowest BCUT2D eigenvalue weighted by molar-refractivity contribution is 0.188. The molecule has 0 amide bonds. The minimum Gasteiger partial charge on any atom is -0.385 e. The number of aryl methyl sites for hydroxylation is 1. The maximum Gasteiger partial charge on any atom is 0.212 e. The Bertz CT molecular complexity index is 450. The Morgan fingerprint density at radius 3 is 2.58 bits per heavy atom. The third-order valence-corrected chi connectivity index (χ3v) is 4.92. The number of rotatable bonds is 9. The van der Waals surface area contributed by atoms with Crippen molar-refractivity contribution in [3.63, 3.8) is 0 Å². The first kappa shape index (κ1) is 16.6. The minimum atomic E-state index is -3.26. The van der Waals surface area contributed by atoms with Crippen molar-refractivity contribution in [1.82, 2.24) is 4.72 Å². The second kappa shape index (κ2) is 8.68. The van der Waals surface area contributed by atoms with Gasteiger partial charge in [0.25, 0.3) is 0 Å². The number of halogens is 1. The average molecular weight is 350 g/mol. The number of hydrogen-bond donors (Lipinski definition) is 1. The molecule has 1 rings (SSSR count). The highest BCUT2D eigenvalue weighted by Crippen LogP contribution is 2.04. The van der Waals surface area contributed by atoms with Gasteiger partial charge in [0.15, 0.2) is 0 Å². The largest absolute Gasteiger partial charge is 0.385 e. The van der Waals surface area contributed by atoms with Gasteiger partial charge in [-0.1, -0.05) is 46.3 Å². The number of nitrogens with one attached hydrogen (secondary N) is 1. The standard InChI is InChI=1S/C13H20BrNO3S/c1-18-9-7-13(11-14)15-19(16,17)10-8-12-5-3-2-4-6-12/h2-6,13,15H,7-11H2,1H3. The second-order valence-electron chi connectivity index (χ2n) is 4.31. The molecule has 0 aliphatic carbocycles. The van der Waals surface area contributed by atoms with Crippen LogP contribution < -0.4 is 4.72 Å². The van der Waals surface area contributed by atoms with Crippen LogP contribution in [0.4, 0.5) is 0 Å². The van der Waals surface area contributed by atoms with Crippen molar-refractivity contribution in [3.05, 3.63) is 35.9 Å². The molecule has 1 aromatic carbocycles. The van der Waals surface area contributed by atoms with Gasteiger partial charge < -0.3 is 4.74 Å². The predicted octanol–water partition coefficient (Wildman–Crippen LogP) is 1.95. The molecule has 1 unspecified atom stereocenters. The number of methoxy groups -OCH3 is 1. The summed E-state index contributed by atoms with van der Waals surface area (Å²) in [6.07, 6.45) is 1.18. The van der Waals surface area contributed by atoms with Crippen LogP contribution in [0.2, 0.25) is 0 Å². The molecular weight excluding hydrogens is 330 g/mol. The molecular formula is C13H20BrNO3S. The minimum absolute atomic E-state index is 0.105. The van der Waals surface area contributed by atoms with E-state index >= 15 is 0 Å². The summed E-state index contributed by atoms with van der Waals surface area (Å²) in [7, 11) is -1.65. The number of benzene rings is 1. The van der Waals surface area contributed by atoms with E-state index in [1.54, 1.807) is 7.11 Å². The molecule has 0 aromatic heterocycles. The van der Waals surface area contributed by atoms with Crippen LogP contribution in [-0.2, 0) is 21.2 Å². The topological polar surface area (TPSA) is 55.4 Å². The van der Waals surface area contributed by atoms with E-state index in [0.717, 1.165) is 5.56 Å². The molecule has 0 spiro atoms. The van der Waals surface area contributed by atoms with Crippen LogP contribution in [0.25, 0.3) is 0 Å². The highest BCUT2D eigenvalue weighted by Gasteiger charge is 2.16. The summed E-state index contributed by atoms with van der Waals surface area (Å²) >= 11 is 3.31. The first-order chi connectivity index (χ1) is 9.07. The number of sulfonamides is 1. The Labute approximate surface area is 123 Å². The lowest BCUT2D eigenvalue weighted by Crippen LogP contribution is -2.38. The Hall–Kier alpha value is -0.430. The fourth-order valence-corrected chi connectivity index (χ4v) is 3.67. The summed E-state index contributed by atoms with van der Waals surface area (Å²) in [4.78, 5) is 0. The van der Waals surface area contributed by atoms with Crippen molar-refractivity contribution in [2.45, 2.75) is 18.9 Å². The van der Waals surface area contributed by atoms with Gasteiger partial charge in [-0.3, -0.25) is 0 Å². The molecule has 4 nitrogen and oxygen atoms in total. The second-order valence-corrected chi connectivity index (χ2v) is 6.83. The summed E-state index contributed by atoms with van der Waals surface area (Å²) in [5.41, 5.74) is 1.03. The third kappa shape index (κ3) is 7.06. The van der Waals surface area contributed by atoms with Crippen LogP contribution in [0.1, 0.15) is 12.0 Å². The zero-order valence-corrected chi connectivity index (χ0v) is 13.4. The van der Waals surface area contributed by atoms with Crippen LogP contribution in [0.15, 0.2) is 30.3 Å². The van der Waals surface area contributed by atoms with Crippen LogP contribution in [0.5, 0.6) is 0 Å². The first-order valence-electron chi connectivity index (χ1n) is 6.16. The number of ether oxygens (including phenoxy) is 1. The van der Waals surface area contributed by atoms with E-state index in [4.69, 9.17) is 4.74 Å². The molecule has 0 heterocycles. The average Bonchev–Trinajstić information content (AvgIpc) is 2.42. The number of hydrogen-bond acceptors (Lipinski definition) is 3. The normalized spacial score (nSPS) is 13.4. The molecule has 19 heavy (non-hydrogen) atoms. The lowest BCUT2D eigenvalue weighted by atomic mass is 10.2. The SMILES string of the molecule is COCCC(CBr)NS(=O)(=O)CCc1ccccc1. The Morgan fingerprint density at radius 1 is 1.32 bits per heavy atom.